The van der Waals surface area contributed by atoms with Crippen molar-refractivity contribution in [2.45, 2.75) is 24.8 Å². The normalized spacial score (nSPS) is 12.9. The van der Waals surface area contributed by atoms with Crippen LogP contribution in [0, 0.1) is 6.92 Å². The number of aromatic nitrogens is 2. The van der Waals surface area contributed by atoms with Crippen LogP contribution in [0.1, 0.15) is 34.6 Å². The van der Waals surface area contributed by atoms with Gasteiger partial charge in [-0.3, -0.25) is 9.48 Å². The van der Waals surface area contributed by atoms with Crippen molar-refractivity contribution in [1.29, 1.82) is 0 Å². The summed E-state index contributed by atoms with van der Waals surface area (Å²) in [5.41, 5.74) is 2.09. The van der Waals surface area contributed by atoms with Crippen LogP contribution >= 0.6 is 11.6 Å². The third kappa shape index (κ3) is 3.73. The average Bonchev–Trinajstić information content (AvgIpc) is 2.78. The Bertz CT molecular complexity index is 859. The van der Waals surface area contributed by atoms with Crippen LogP contribution in [0.5, 0.6) is 0 Å². The van der Waals surface area contributed by atoms with E-state index in [2.05, 4.69) is 10.4 Å². The number of nitrogens with zero attached hydrogens (tertiary/aromatic N) is 2. The summed E-state index contributed by atoms with van der Waals surface area (Å²) in [6.07, 6.45) is 2.75. The number of carbonyl (C=O) groups excluding carboxylic acids is 1. The zero-order valence-electron chi connectivity index (χ0n) is 13.3. The Morgan fingerprint density at radius 2 is 2.04 bits per heavy atom. The fourth-order valence-electron chi connectivity index (χ4n) is 2.23. The van der Waals surface area contributed by atoms with Crippen LogP contribution in [0.4, 0.5) is 0 Å². The van der Waals surface area contributed by atoms with E-state index >= 15 is 0 Å². The van der Waals surface area contributed by atoms with Gasteiger partial charge in [-0.2, -0.15) is 5.10 Å². The molecule has 0 radical (unpaired) electrons. The Labute approximate surface area is 140 Å². The first-order valence-electron chi connectivity index (χ1n) is 6.90. The van der Waals surface area contributed by atoms with Crippen LogP contribution < -0.4 is 5.32 Å². The number of aryl methyl sites for hydroxylation is 1. The first-order valence-corrected chi connectivity index (χ1v) is 9.17. The number of sulfone groups is 1. The van der Waals surface area contributed by atoms with Gasteiger partial charge in [0.1, 0.15) is 0 Å². The SMILES string of the molecule is Cc1c([C@H](C)NC(=O)c2ccc(Cl)c(S(C)(=O)=O)c2)cnn1C. The fraction of sp³-hybridized carbons (Fsp3) is 0.333. The number of nitrogens with one attached hydrogen (secondary N) is 1. The van der Waals surface area contributed by atoms with Gasteiger partial charge in [-0.05, 0) is 32.0 Å². The largest absolute Gasteiger partial charge is 0.345 e. The maximum absolute atomic E-state index is 12.4. The summed E-state index contributed by atoms with van der Waals surface area (Å²) in [4.78, 5) is 12.3. The van der Waals surface area contributed by atoms with Crippen molar-refractivity contribution in [2.24, 2.45) is 7.05 Å². The molecule has 1 aromatic carbocycles. The lowest BCUT2D eigenvalue weighted by atomic mass is 10.1. The lowest BCUT2D eigenvalue weighted by Crippen LogP contribution is -2.27. The molecule has 0 aliphatic heterocycles. The number of hydrogen-bond donors (Lipinski definition) is 1. The molecule has 1 N–H and O–H groups in total. The summed E-state index contributed by atoms with van der Waals surface area (Å²) in [5, 5.41) is 7.08. The second kappa shape index (κ2) is 6.33. The number of benzene rings is 1. The molecule has 0 spiro atoms. The topological polar surface area (TPSA) is 81.1 Å². The second-order valence-corrected chi connectivity index (χ2v) is 7.81. The number of hydrogen-bond acceptors (Lipinski definition) is 4. The van der Waals surface area contributed by atoms with Crippen LogP contribution in [0.2, 0.25) is 5.02 Å². The van der Waals surface area contributed by atoms with Crippen molar-refractivity contribution >= 4 is 27.3 Å². The molecule has 0 aliphatic rings. The summed E-state index contributed by atoms with van der Waals surface area (Å²) in [6.45, 7) is 3.75. The van der Waals surface area contributed by atoms with Crippen molar-refractivity contribution in [3.8, 4) is 0 Å². The Balaban J connectivity index is 2.26. The molecule has 1 amide bonds. The van der Waals surface area contributed by atoms with Crippen LogP contribution in [0.15, 0.2) is 29.3 Å². The molecule has 2 aromatic rings. The number of rotatable bonds is 4. The molecule has 0 aliphatic carbocycles. The third-order valence-corrected chi connectivity index (χ3v) is 5.26. The van der Waals surface area contributed by atoms with E-state index in [1.807, 2.05) is 20.9 Å². The highest BCUT2D eigenvalue weighted by atomic mass is 35.5. The minimum Gasteiger partial charge on any atom is -0.345 e. The number of halogens is 1. The van der Waals surface area contributed by atoms with E-state index in [-0.39, 0.29) is 27.4 Å². The standard InChI is InChI=1S/C15H18ClN3O3S/c1-9(12-8-17-19(3)10(12)2)18-15(20)11-5-6-13(16)14(7-11)23(4,21)22/h5-9H,1-4H3,(H,18,20)/t9-/m0/s1. The first kappa shape index (κ1) is 17.5. The van der Waals surface area contributed by atoms with Gasteiger partial charge in [0.25, 0.3) is 5.91 Å². The molecule has 124 valence electrons. The minimum absolute atomic E-state index is 0.0583. The van der Waals surface area contributed by atoms with Gasteiger partial charge in [-0.25, -0.2) is 8.42 Å². The van der Waals surface area contributed by atoms with Gasteiger partial charge >= 0.3 is 0 Å². The Kier molecular flexibility index (Phi) is 4.81. The van der Waals surface area contributed by atoms with Crippen molar-refractivity contribution in [3.63, 3.8) is 0 Å². The number of carbonyl (C=O) groups is 1. The maximum atomic E-state index is 12.4. The van der Waals surface area contributed by atoms with Crippen LogP contribution in [-0.2, 0) is 16.9 Å². The predicted molar refractivity (Wildman–Crippen MR) is 88.4 cm³/mol. The molecule has 1 heterocycles. The average molecular weight is 356 g/mol. The Morgan fingerprint density at radius 1 is 1.39 bits per heavy atom. The molecule has 0 saturated heterocycles. The fourth-order valence-corrected chi connectivity index (χ4v) is 3.53. The minimum atomic E-state index is -3.50. The smallest absolute Gasteiger partial charge is 0.251 e. The first-order chi connectivity index (χ1) is 10.6. The third-order valence-electron chi connectivity index (χ3n) is 3.68. The van der Waals surface area contributed by atoms with E-state index in [4.69, 9.17) is 11.6 Å². The van der Waals surface area contributed by atoms with Gasteiger partial charge < -0.3 is 5.32 Å². The molecule has 0 bridgehead atoms. The Morgan fingerprint density at radius 3 is 2.57 bits per heavy atom. The van der Waals surface area contributed by atoms with Gasteiger partial charge in [0.2, 0.25) is 0 Å². The van der Waals surface area contributed by atoms with Crippen LogP contribution in [0.25, 0.3) is 0 Å². The molecule has 2 rings (SSSR count). The van der Waals surface area contributed by atoms with Crippen LogP contribution in [-0.4, -0.2) is 30.4 Å². The van der Waals surface area contributed by atoms with E-state index in [9.17, 15) is 13.2 Å². The second-order valence-electron chi connectivity index (χ2n) is 5.42. The molecule has 0 saturated carbocycles. The van der Waals surface area contributed by atoms with Gasteiger partial charge in [-0.15, -0.1) is 0 Å². The summed E-state index contributed by atoms with van der Waals surface area (Å²) >= 11 is 5.89. The van der Waals surface area contributed by atoms with Crippen molar-refractivity contribution in [3.05, 3.63) is 46.2 Å². The van der Waals surface area contributed by atoms with Crippen molar-refractivity contribution in [2.75, 3.05) is 6.26 Å². The molecule has 0 fully saturated rings. The molecule has 1 aromatic heterocycles. The monoisotopic (exact) mass is 355 g/mol. The molecule has 1 atom stereocenters. The van der Waals surface area contributed by atoms with E-state index in [1.165, 1.54) is 18.2 Å². The van der Waals surface area contributed by atoms with E-state index in [0.29, 0.717) is 0 Å². The van der Waals surface area contributed by atoms with E-state index in [0.717, 1.165) is 17.5 Å². The van der Waals surface area contributed by atoms with Crippen molar-refractivity contribution < 1.29 is 13.2 Å². The summed E-state index contributed by atoms with van der Waals surface area (Å²) in [6, 6.07) is 3.94. The highest BCUT2D eigenvalue weighted by Crippen LogP contribution is 2.23. The zero-order chi connectivity index (χ0) is 17.4. The summed E-state index contributed by atoms with van der Waals surface area (Å²) < 4.78 is 25.1. The van der Waals surface area contributed by atoms with E-state index < -0.39 is 9.84 Å². The van der Waals surface area contributed by atoms with Crippen LogP contribution in [0.3, 0.4) is 0 Å². The highest BCUT2D eigenvalue weighted by molar-refractivity contribution is 7.90. The summed E-state index contributed by atoms with van der Waals surface area (Å²) in [7, 11) is -1.67. The summed E-state index contributed by atoms with van der Waals surface area (Å²) in [5.74, 6) is -0.373. The number of amides is 1. The van der Waals surface area contributed by atoms with E-state index in [1.54, 1.807) is 10.9 Å². The molecule has 0 unspecified atom stereocenters. The Hall–Kier alpha value is -1.86. The van der Waals surface area contributed by atoms with Crippen molar-refractivity contribution in [1.82, 2.24) is 15.1 Å². The highest BCUT2D eigenvalue weighted by Gasteiger charge is 2.19. The zero-order valence-corrected chi connectivity index (χ0v) is 14.9. The lowest BCUT2D eigenvalue weighted by Gasteiger charge is -2.14. The molecule has 8 heteroatoms. The quantitative estimate of drug-likeness (QED) is 0.912. The predicted octanol–water partition coefficient (Wildman–Crippen LogP) is 2.28. The van der Waals surface area contributed by atoms with Gasteiger partial charge in [-0.1, -0.05) is 11.6 Å². The molecule has 6 nitrogen and oxygen atoms in total. The molecular weight excluding hydrogens is 338 g/mol. The molecular formula is C15H18ClN3O3S. The lowest BCUT2D eigenvalue weighted by molar-refractivity contribution is 0.0939. The molecule has 23 heavy (non-hydrogen) atoms. The van der Waals surface area contributed by atoms with Gasteiger partial charge in [0, 0.05) is 30.1 Å². The maximum Gasteiger partial charge on any atom is 0.251 e. The van der Waals surface area contributed by atoms with Gasteiger partial charge in [0.15, 0.2) is 9.84 Å². The van der Waals surface area contributed by atoms with Gasteiger partial charge in [0.05, 0.1) is 22.2 Å².